The van der Waals surface area contributed by atoms with Gasteiger partial charge in [0.25, 0.3) is 0 Å². The zero-order valence-corrected chi connectivity index (χ0v) is 7.67. The molecule has 1 aliphatic carbocycles. The monoisotopic (exact) mass is 226 g/mol. The van der Waals surface area contributed by atoms with Gasteiger partial charge in [-0.25, -0.2) is 0 Å². The Bertz CT molecular complexity index is 172. The topological polar surface area (TPSA) is 0 Å². The van der Waals surface area contributed by atoms with Gasteiger partial charge in [-0.1, -0.05) is 27.5 Å². The predicted octanol–water partition coefficient (Wildman–Crippen LogP) is 3.40. The summed E-state index contributed by atoms with van der Waals surface area (Å²) in [5.74, 6) is 0. The minimum atomic E-state index is 0.0527. The Morgan fingerprint density at radius 3 is 2.78 bits per heavy atom. The quantitative estimate of drug-likeness (QED) is 0.557. The second-order valence-corrected chi connectivity index (χ2v) is 3.88. The van der Waals surface area contributed by atoms with Crippen LogP contribution in [-0.4, -0.2) is 5.38 Å². The Labute approximate surface area is 72.7 Å². The fourth-order valence-electron chi connectivity index (χ4n) is 0.675. The van der Waals surface area contributed by atoms with Gasteiger partial charge in [-0.15, -0.1) is 11.6 Å². The molecule has 0 saturated heterocycles. The molecule has 50 valence electrons. The molecule has 0 radical (unpaired) electrons. The molecule has 0 heterocycles. The standard InChI is InChI=1S/C6H5BrCl2/c7-4-1-5(8)3-6(9)2-4/h1,3,6H,2H2. The Morgan fingerprint density at radius 1 is 1.67 bits per heavy atom. The van der Waals surface area contributed by atoms with Gasteiger partial charge in [0.15, 0.2) is 0 Å². The maximum Gasteiger partial charge on any atom is 0.0578 e. The first kappa shape index (κ1) is 7.64. The summed E-state index contributed by atoms with van der Waals surface area (Å²) in [6.45, 7) is 0. The first-order chi connectivity index (χ1) is 4.18. The fraction of sp³-hybridized carbons (Fsp3) is 0.333. The number of hydrogen-bond acceptors (Lipinski definition) is 0. The summed E-state index contributed by atoms with van der Waals surface area (Å²) in [6.07, 6.45) is 4.53. The van der Waals surface area contributed by atoms with E-state index in [4.69, 9.17) is 23.2 Å². The Balaban J connectivity index is 2.74. The molecule has 0 spiro atoms. The van der Waals surface area contributed by atoms with E-state index in [9.17, 15) is 0 Å². The first-order valence-electron chi connectivity index (χ1n) is 2.56. The summed E-state index contributed by atoms with van der Waals surface area (Å²) < 4.78 is 1.06. The highest BCUT2D eigenvalue weighted by Crippen LogP contribution is 2.26. The van der Waals surface area contributed by atoms with Gasteiger partial charge in [0, 0.05) is 5.03 Å². The first-order valence-corrected chi connectivity index (χ1v) is 4.16. The molecule has 0 fully saturated rings. The van der Waals surface area contributed by atoms with Gasteiger partial charge < -0.3 is 0 Å². The summed E-state index contributed by atoms with van der Waals surface area (Å²) in [6, 6.07) is 0. The van der Waals surface area contributed by atoms with E-state index < -0.39 is 0 Å². The number of hydrogen-bond donors (Lipinski definition) is 0. The van der Waals surface area contributed by atoms with Crippen LogP contribution in [0.15, 0.2) is 21.7 Å². The van der Waals surface area contributed by atoms with Crippen LogP contribution in [0.3, 0.4) is 0 Å². The lowest BCUT2D eigenvalue weighted by atomic mass is 10.2. The van der Waals surface area contributed by atoms with Crippen molar-refractivity contribution in [1.82, 2.24) is 0 Å². The third-order valence-electron chi connectivity index (χ3n) is 1.02. The van der Waals surface area contributed by atoms with Crippen LogP contribution in [0.1, 0.15) is 6.42 Å². The lowest BCUT2D eigenvalue weighted by molar-refractivity contribution is 1.03. The van der Waals surface area contributed by atoms with Crippen molar-refractivity contribution in [3.05, 3.63) is 21.7 Å². The molecular formula is C6H5BrCl2. The average molecular weight is 228 g/mol. The van der Waals surface area contributed by atoms with Gasteiger partial charge in [-0.05, 0) is 23.1 Å². The van der Waals surface area contributed by atoms with E-state index in [0.29, 0.717) is 5.03 Å². The molecule has 1 atom stereocenters. The highest BCUT2D eigenvalue weighted by Gasteiger charge is 2.08. The number of alkyl halides is 1. The van der Waals surface area contributed by atoms with Crippen molar-refractivity contribution in [2.24, 2.45) is 0 Å². The third-order valence-corrected chi connectivity index (χ3v) is 2.09. The molecule has 9 heavy (non-hydrogen) atoms. The second kappa shape index (κ2) is 3.09. The smallest absolute Gasteiger partial charge is 0.0578 e. The molecule has 0 aromatic carbocycles. The second-order valence-electron chi connectivity index (χ2n) is 1.86. The minimum absolute atomic E-state index is 0.0527. The van der Waals surface area contributed by atoms with Crippen LogP contribution in [0.4, 0.5) is 0 Å². The number of rotatable bonds is 0. The third kappa shape index (κ3) is 2.32. The van der Waals surface area contributed by atoms with Crippen molar-refractivity contribution in [3.8, 4) is 0 Å². The van der Waals surface area contributed by atoms with Gasteiger partial charge in [-0.3, -0.25) is 0 Å². The molecule has 0 nitrogen and oxygen atoms in total. The van der Waals surface area contributed by atoms with Gasteiger partial charge in [0.05, 0.1) is 5.38 Å². The van der Waals surface area contributed by atoms with Crippen LogP contribution in [0.25, 0.3) is 0 Å². The average Bonchev–Trinajstić information content (AvgIpc) is 1.59. The maximum atomic E-state index is 5.77. The van der Waals surface area contributed by atoms with Crippen LogP contribution < -0.4 is 0 Å². The maximum absolute atomic E-state index is 5.77. The molecular weight excluding hydrogens is 223 g/mol. The molecule has 0 amide bonds. The Morgan fingerprint density at radius 2 is 2.33 bits per heavy atom. The number of allylic oxidation sites excluding steroid dienone is 4. The number of halogens is 3. The summed E-state index contributed by atoms with van der Waals surface area (Å²) in [5, 5.41) is 0.769. The predicted molar refractivity (Wildman–Crippen MR) is 45.2 cm³/mol. The zero-order valence-electron chi connectivity index (χ0n) is 4.57. The van der Waals surface area contributed by atoms with E-state index in [1.165, 1.54) is 0 Å². The molecule has 0 N–H and O–H groups in total. The molecule has 0 bridgehead atoms. The van der Waals surface area contributed by atoms with Crippen molar-refractivity contribution in [3.63, 3.8) is 0 Å². The van der Waals surface area contributed by atoms with Gasteiger partial charge in [0.2, 0.25) is 0 Å². The van der Waals surface area contributed by atoms with E-state index in [0.717, 1.165) is 10.9 Å². The van der Waals surface area contributed by atoms with Gasteiger partial charge in [0.1, 0.15) is 0 Å². The van der Waals surface area contributed by atoms with Crippen LogP contribution in [0.2, 0.25) is 0 Å². The minimum Gasteiger partial charge on any atom is -0.118 e. The van der Waals surface area contributed by atoms with Gasteiger partial charge >= 0.3 is 0 Å². The van der Waals surface area contributed by atoms with Crippen LogP contribution in [0, 0.1) is 0 Å². The van der Waals surface area contributed by atoms with Crippen molar-refractivity contribution >= 4 is 39.1 Å². The SMILES string of the molecule is ClC1=CC(Cl)CC(Br)=C1. The summed E-state index contributed by atoms with van der Waals surface area (Å²) >= 11 is 14.8. The van der Waals surface area contributed by atoms with Crippen molar-refractivity contribution in [2.45, 2.75) is 11.8 Å². The Hall–Kier alpha value is 0.540. The van der Waals surface area contributed by atoms with E-state index in [1.54, 1.807) is 0 Å². The summed E-state index contributed by atoms with van der Waals surface area (Å²) in [5.41, 5.74) is 0. The van der Waals surface area contributed by atoms with Crippen LogP contribution in [-0.2, 0) is 0 Å². The lowest BCUT2D eigenvalue weighted by Crippen LogP contribution is -1.97. The largest absolute Gasteiger partial charge is 0.118 e. The molecule has 1 rings (SSSR count). The summed E-state index contributed by atoms with van der Waals surface area (Å²) in [4.78, 5) is 0. The van der Waals surface area contributed by atoms with E-state index in [1.807, 2.05) is 12.2 Å². The van der Waals surface area contributed by atoms with E-state index >= 15 is 0 Å². The van der Waals surface area contributed by atoms with E-state index in [-0.39, 0.29) is 5.38 Å². The fourth-order valence-corrected chi connectivity index (χ4v) is 2.24. The molecule has 3 heteroatoms. The van der Waals surface area contributed by atoms with Crippen molar-refractivity contribution in [1.29, 1.82) is 0 Å². The van der Waals surface area contributed by atoms with E-state index in [2.05, 4.69) is 15.9 Å². The molecule has 0 saturated carbocycles. The van der Waals surface area contributed by atoms with Crippen LogP contribution in [0.5, 0.6) is 0 Å². The van der Waals surface area contributed by atoms with Crippen molar-refractivity contribution < 1.29 is 0 Å². The lowest BCUT2D eigenvalue weighted by Gasteiger charge is -2.08. The molecule has 0 aromatic rings. The molecule has 1 aliphatic rings. The molecule has 0 aromatic heterocycles. The normalized spacial score (nSPS) is 27.2. The highest BCUT2D eigenvalue weighted by molar-refractivity contribution is 9.11. The molecule has 0 aliphatic heterocycles. The van der Waals surface area contributed by atoms with Gasteiger partial charge in [-0.2, -0.15) is 0 Å². The Kier molecular flexibility index (Phi) is 2.62. The zero-order chi connectivity index (χ0) is 6.85. The molecule has 1 unspecified atom stereocenters. The van der Waals surface area contributed by atoms with Crippen molar-refractivity contribution in [2.75, 3.05) is 0 Å². The summed E-state index contributed by atoms with van der Waals surface area (Å²) in [7, 11) is 0. The van der Waals surface area contributed by atoms with Crippen LogP contribution >= 0.6 is 39.1 Å². The highest BCUT2D eigenvalue weighted by atomic mass is 79.9.